The van der Waals surface area contributed by atoms with E-state index in [0.717, 1.165) is 11.3 Å². The van der Waals surface area contributed by atoms with Crippen LogP contribution < -0.4 is 25.4 Å². The van der Waals surface area contributed by atoms with Crippen molar-refractivity contribution >= 4 is 34.8 Å². The predicted molar refractivity (Wildman–Crippen MR) is 81.0 cm³/mol. The Labute approximate surface area is 130 Å². The number of hydrogen-bond donors (Lipinski definition) is 3. The van der Waals surface area contributed by atoms with Crippen molar-refractivity contribution in [1.82, 2.24) is 10.3 Å². The van der Waals surface area contributed by atoms with Crippen LogP contribution in [0.4, 0.5) is 22.0 Å². The standard InChI is InChI=1S/C14H11ClN4O3/c15-8-1-2-10-12(22-6-21-10)11(8)18-9-3-4-16-13-7(9)5-17-14(20)19-13/h1-4H,5-6H2,(H3,16,17,18,19,20). The van der Waals surface area contributed by atoms with E-state index in [1.165, 1.54) is 0 Å². The molecule has 0 unspecified atom stereocenters. The number of benzene rings is 1. The van der Waals surface area contributed by atoms with Crippen LogP contribution in [-0.4, -0.2) is 17.8 Å². The number of nitrogens with one attached hydrogen (secondary N) is 3. The second kappa shape index (κ2) is 4.96. The number of pyridine rings is 1. The van der Waals surface area contributed by atoms with Crippen molar-refractivity contribution in [3.8, 4) is 11.5 Å². The van der Waals surface area contributed by atoms with Crippen LogP contribution in [0.15, 0.2) is 24.4 Å². The number of halogens is 1. The Morgan fingerprint density at radius 1 is 1.27 bits per heavy atom. The number of fused-ring (bicyclic) bond motifs is 2. The van der Waals surface area contributed by atoms with Gasteiger partial charge in [0.1, 0.15) is 11.5 Å². The number of hydrogen-bond acceptors (Lipinski definition) is 5. The van der Waals surface area contributed by atoms with Crippen LogP contribution in [0.2, 0.25) is 5.02 Å². The summed E-state index contributed by atoms with van der Waals surface area (Å²) >= 11 is 6.27. The zero-order valence-electron chi connectivity index (χ0n) is 11.3. The third-order valence-corrected chi connectivity index (χ3v) is 3.78. The molecule has 1 aromatic heterocycles. The number of anilines is 3. The first-order valence-electron chi connectivity index (χ1n) is 6.60. The van der Waals surface area contributed by atoms with Gasteiger partial charge in [0, 0.05) is 17.4 Å². The highest BCUT2D eigenvalue weighted by Crippen LogP contribution is 2.45. The summed E-state index contributed by atoms with van der Waals surface area (Å²) < 4.78 is 10.8. The number of aromatic nitrogens is 1. The molecule has 2 aromatic rings. The monoisotopic (exact) mass is 318 g/mol. The molecular weight excluding hydrogens is 308 g/mol. The summed E-state index contributed by atoms with van der Waals surface area (Å²) in [5.74, 6) is 1.74. The Kier molecular flexibility index (Phi) is 2.93. The first kappa shape index (κ1) is 13.0. The van der Waals surface area contributed by atoms with E-state index < -0.39 is 0 Å². The Hall–Kier alpha value is -2.67. The Morgan fingerprint density at radius 3 is 3.09 bits per heavy atom. The van der Waals surface area contributed by atoms with Crippen LogP contribution in [0.1, 0.15) is 5.56 Å². The first-order chi connectivity index (χ1) is 10.7. The van der Waals surface area contributed by atoms with Crippen LogP contribution >= 0.6 is 11.6 Å². The molecule has 3 N–H and O–H groups in total. The Morgan fingerprint density at radius 2 is 2.18 bits per heavy atom. The average molecular weight is 319 g/mol. The van der Waals surface area contributed by atoms with E-state index in [-0.39, 0.29) is 12.8 Å². The maximum Gasteiger partial charge on any atom is 0.320 e. The fraction of sp³-hybridized carbons (Fsp3) is 0.143. The van der Waals surface area contributed by atoms with E-state index in [4.69, 9.17) is 21.1 Å². The normalized spacial score (nSPS) is 14.9. The van der Waals surface area contributed by atoms with Crippen LogP contribution in [0.5, 0.6) is 11.5 Å². The van der Waals surface area contributed by atoms with Gasteiger partial charge in [0.05, 0.1) is 11.6 Å². The van der Waals surface area contributed by atoms with Gasteiger partial charge >= 0.3 is 6.03 Å². The summed E-state index contributed by atoms with van der Waals surface area (Å²) in [7, 11) is 0. The molecule has 0 saturated carbocycles. The fourth-order valence-electron chi connectivity index (χ4n) is 2.42. The number of nitrogens with zero attached hydrogens (tertiary/aromatic N) is 1. The minimum absolute atomic E-state index is 0.163. The molecule has 0 spiro atoms. The second-order valence-electron chi connectivity index (χ2n) is 4.77. The van der Waals surface area contributed by atoms with E-state index in [0.29, 0.717) is 34.6 Å². The van der Waals surface area contributed by atoms with E-state index in [1.54, 1.807) is 18.3 Å². The molecule has 0 bridgehead atoms. The molecule has 2 aliphatic heterocycles. The summed E-state index contributed by atoms with van der Waals surface area (Å²) in [6.07, 6.45) is 1.61. The van der Waals surface area contributed by atoms with Crippen molar-refractivity contribution in [2.75, 3.05) is 17.4 Å². The van der Waals surface area contributed by atoms with Gasteiger partial charge in [-0.25, -0.2) is 9.78 Å². The Bertz CT molecular complexity index is 781. The lowest BCUT2D eigenvalue weighted by molar-refractivity contribution is 0.174. The molecule has 0 atom stereocenters. The molecule has 0 saturated heterocycles. The SMILES string of the molecule is O=C1NCc2c(Nc3c(Cl)ccc4c3OCO4)ccnc2N1. The molecule has 4 rings (SSSR count). The lowest BCUT2D eigenvalue weighted by atomic mass is 10.1. The number of urea groups is 1. The third kappa shape index (κ3) is 2.06. The molecule has 1 aromatic carbocycles. The molecule has 8 heteroatoms. The zero-order chi connectivity index (χ0) is 15.1. The third-order valence-electron chi connectivity index (χ3n) is 3.46. The van der Waals surface area contributed by atoms with Crippen molar-refractivity contribution in [3.05, 3.63) is 35.0 Å². The quantitative estimate of drug-likeness (QED) is 0.793. The maximum absolute atomic E-state index is 11.4. The van der Waals surface area contributed by atoms with E-state index in [1.807, 2.05) is 6.07 Å². The summed E-state index contributed by atoms with van der Waals surface area (Å²) in [4.78, 5) is 15.5. The molecule has 22 heavy (non-hydrogen) atoms. The maximum atomic E-state index is 11.4. The predicted octanol–water partition coefficient (Wildman–Crippen LogP) is 2.84. The van der Waals surface area contributed by atoms with Crippen LogP contribution in [0.25, 0.3) is 0 Å². The molecule has 0 radical (unpaired) electrons. The van der Waals surface area contributed by atoms with Gasteiger partial charge in [-0.1, -0.05) is 11.6 Å². The van der Waals surface area contributed by atoms with Crippen molar-refractivity contribution in [2.45, 2.75) is 6.54 Å². The molecular formula is C14H11ClN4O3. The number of amides is 2. The number of rotatable bonds is 2. The molecule has 0 fully saturated rings. The van der Waals surface area contributed by atoms with Crippen LogP contribution in [0.3, 0.4) is 0 Å². The van der Waals surface area contributed by atoms with Gasteiger partial charge in [0.25, 0.3) is 0 Å². The summed E-state index contributed by atoms with van der Waals surface area (Å²) in [6, 6.07) is 5.04. The number of ether oxygens (including phenoxy) is 2. The van der Waals surface area contributed by atoms with Crippen molar-refractivity contribution in [2.24, 2.45) is 0 Å². The average Bonchev–Trinajstić information content (AvgIpc) is 2.98. The fourth-order valence-corrected chi connectivity index (χ4v) is 2.61. The van der Waals surface area contributed by atoms with Gasteiger partial charge in [-0.2, -0.15) is 0 Å². The first-order valence-corrected chi connectivity index (χ1v) is 6.98. The van der Waals surface area contributed by atoms with E-state index in [9.17, 15) is 4.79 Å². The zero-order valence-corrected chi connectivity index (χ0v) is 12.0. The van der Waals surface area contributed by atoms with Gasteiger partial charge in [0.2, 0.25) is 6.79 Å². The van der Waals surface area contributed by atoms with Crippen molar-refractivity contribution in [1.29, 1.82) is 0 Å². The van der Waals surface area contributed by atoms with E-state index in [2.05, 4.69) is 20.9 Å². The van der Waals surface area contributed by atoms with Gasteiger partial charge in [-0.05, 0) is 18.2 Å². The minimum atomic E-state index is -0.271. The second-order valence-corrected chi connectivity index (χ2v) is 5.18. The molecule has 2 aliphatic rings. The molecule has 3 heterocycles. The van der Waals surface area contributed by atoms with Crippen molar-refractivity contribution in [3.63, 3.8) is 0 Å². The summed E-state index contributed by atoms with van der Waals surface area (Å²) in [5.41, 5.74) is 2.25. The highest BCUT2D eigenvalue weighted by molar-refractivity contribution is 6.33. The number of carbonyl (C=O) groups excluding carboxylic acids is 1. The van der Waals surface area contributed by atoms with Gasteiger partial charge in [0.15, 0.2) is 11.5 Å². The van der Waals surface area contributed by atoms with Crippen LogP contribution in [0, 0.1) is 0 Å². The molecule has 2 amide bonds. The lowest BCUT2D eigenvalue weighted by Gasteiger charge is -2.21. The number of carbonyl (C=O) groups is 1. The minimum Gasteiger partial charge on any atom is -0.454 e. The molecule has 112 valence electrons. The lowest BCUT2D eigenvalue weighted by Crippen LogP contribution is -2.34. The highest BCUT2D eigenvalue weighted by Gasteiger charge is 2.23. The van der Waals surface area contributed by atoms with Gasteiger partial charge in [-0.3, -0.25) is 5.32 Å². The largest absolute Gasteiger partial charge is 0.454 e. The Balaban J connectivity index is 1.75. The molecule has 7 nitrogen and oxygen atoms in total. The smallest absolute Gasteiger partial charge is 0.320 e. The summed E-state index contributed by atoms with van der Waals surface area (Å²) in [6.45, 7) is 0.539. The molecule has 0 aliphatic carbocycles. The van der Waals surface area contributed by atoms with Gasteiger partial charge < -0.3 is 20.1 Å². The van der Waals surface area contributed by atoms with E-state index >= 15 is 0 Å². The van der Waals surface area contributed by atoms with Crippen molar-refractivity contribution < 1.29 is 14.3 Å². The summed E-state index contributed by atoms with van der Waals surface area (Å²) in [5, 5.41) is 9.14. The highest BCUT2D eigenvalue weighted by atomic mass is 35.5. The van der Waals surface area contributed by atoms with Crippen LogP contribution in [-0.2, 0) is 6.54 Å². The topological polar surface area (TPSA) is 84.5 Å². The van der Waals surface area contributed by atoms with Gasteiger partial charge in [-0.15, -0.1) is 0 Å².